The lowest BCUT2D eigenvalue weighted by Gasteiger charge is -2.34. The summed E-state index contributed by atoms with van der Waals surface area (Å²) in [4.78, 5) is 7.27. The van der Waals surface area contributed by atoms with Gasteiger partial charge < -0.3 is 14.2 Å². The summed E-state index contributed by atoms with van der Waals surface area (Å²) in [6.07, 6.45) is 7.36. The van der Waals surface area contributed by atoms with E-state index in [4.69, 9.17) is 9.26 Å². The van der Waals surface area contributed by atoms with E-state index in [1.807, 2.05) is 13.0 Å². The molecule has 2 saturated heterocycles. The Morgan fingerprint density at radius 1 is 1.18 bits per heavy atom. The normalized spacial score (nSPS) is 20.9. The average Bonchev–Trinajstić information content (AvgIpc) is 3.33. The second-order valence-corrected chi connectivity index (χ2v) is 7.93. The second kappa shape index (κ2) is 8.57. The van der Waals surface area contributed by atoms with Crippen LogP contribution in [-0.4, -0.2) is 57.7 Å². The molecule has 0 radical (unpaired) electrons. The van der Waals surface area contributed by atoms with Gasteiger partial charge in [0.05, 0.1) is 11.0 Å². The quantitative estimate of drug-likeness (QED) is 0.779. The van der Waals surface area contributed by atoms with E-state index in [1.54, 1.807) is 4.68 Å². The van der Waals surface area contributed by atoms with Crippen molar-refractivity contribution in [1.29, 1.82) is 0 Å². The predicted molar refractivity (Wildman–Crippen MR) is 108 cm³/mol. The molecule has 2 aliphatic heterocycles. The number of nitrogens with zero attached hydrogens (tertiary/aromatic N) is 5. The summed E-state index contributed by atoms with van der Waals surface area (Å²) in [6.45, 7) is 13.4. The van der Waals surface area contributed by atoms with Crippen LogP contribution in [0, 0.1) is 5.92 Å². The molecule has 4 rings (SSSR count). The molecule has 2 aromatic rings. The number of likely N-dealkylation sites (tertiary alicyclic amines) is 1. The van der Waals surface area contributed by atoms with E-state index in [2.05, 4.69) is 33.6 Å². The highest BCUT2D eigenvalue weighted by atomic mass is 16.5. The molecule has 2 aromatic heterocycles. The van der Waals surface area contributed by atoms with Crippen molar-refractivity contribution < 1.29 is 9.26 Å². The maximum atomic E-state index is 5.63. The third-order valence-electron chi connectivity index (χ3n) is 6.13. The summed E-state index contributed by atoms with van der Waals surface area (Å²) < 4.78 is 12.9. The molecule has 0 N–H and O–H groups in total. The van der Waals surface area contributed by atoms with Crippen LogP contribution in [0.25, 0.3) is 18.6 Å². The molecule has 7 nitrogen and oxygen atoms in total. The zero-order valence-electron chi connectivity index (χ0n) is 17.1. The Morgan fingerprint density at radius 3 is 2.61 bits per heavy atom. The lowest BCUT2D eigenvalue weighted by Crippen LogP contribution is -2.38. The van der Waals surface area contributed by atoms with E-state index in [1.165, 1.54) is 19.4 Å². The van der Waals surface area contributed by atoms with Crippen LogP contribution in [0.15, 0.2) is 4.52 Å². The van der Waals surface area contributed by atoms with Gasteiger partial charge in [0, 0.05) is 30.9 Å². The summed E-state index contributed by atoms with van der Waals surface area (Å²) in [5.74, 6) is 2.37. The first-order valence-electron chi connectivity index (χ1n) is 10.6. The van der Waals surface area contributed by atoms with Gasteiger partial charge in [-0.3, -0.25) is 0 Å². The first-order chi connectivity index (χ1) is 13.7. The van der Waals surface area contributed by atoms with Gasteiger partial charge in [-0.15, -0.1) is 0 Å². The Kier molecular flexibility index (Phi) is 5.92. The van der Waals surface area contributed by atoms with Crippen molar-refractivity contribution in [2.24, 2.45) is 5.92 Å². The third kappa shape index (κ3) is 3.91. The number of aromatic nitrogens is 4. The molecule has 2 fully saturated rings. The smallest absolute Gasteiger partial charge is 0.291 e. The minimum absolute atomic E-state index is 0.335. The van der Waals surface area contributed by atoms with Crippen LogP contribution < -0.4 is 10.6 Å². The Hall–Kier alpha value is -1.99. The summed E-state index contributed by atoms with van der Waals surface area (Å²) in [5, 5.41) is 10.7. The van der Waals surface area contributed by atoms with E-state index >= 15 is 0 Å². The first kappa shape index (κ1) is 19.3. The van der Waals surface area contributed by atoms with Crippen molar-refractivity contribution in [1.82, 2.24) is 24.8 Å². The Morgan fingerprint density at radius 2 is 1.93 bits per heavy atom. The van der Waals surface area contributed by atoms with Gasteiger partial charge in [0.15, 0.2) is 0 Å². The topological polar surface area (TPSA) is 69.2 Å². The fourth-order valence-electron chi connectivity index (χ4n) is 4.38. The van der Waals surface area contributed by atoms with Gasteiger partial charge in [0.25, 0.3) is 5.95 Å². The maximum absolute atomic E-state index is 5.63. The van der Waals surface area contributed by atoms with Crippen molar-refractivity contribution in [3.05, 3.63) is 22.2 Å². The number of aryl methyl sites for hydroxylation is 1. The average molecular weight is 386 g/mol. The van der Waals surface area contributed by atoms with Crippen LogP contribution in [0.4, 0.5) is 0 Å². The summed E-state index contributed by atoms with van der Waals surface area (Å²) in [7, 11) is 0. The van der Waals surface area contributed by atoms with E-state index in [9.17, 15) is 0 Å². The van der Waals surface area contributed by atoms with Gasteiger partial charge in [-0.05, 0) is 63.2 Å². The number of rotatable bonds is 5. The van der Waals surface area contributed by atoms with Gasteiger partial charge in [0.2, 0.25) is 5.89 Å². The largest absolute Gasteiger partial charge is 0.381 e. The molecule has 28 heavy (non-hydrogen) atoms. The van der Waals surface area contributed by atoms with Crippen molar-refractivity contribution in [2.45, 2.75) is 51.9 Å². The zero-order valence-corrected chi connectivity index (χ0v) is 17.1. The van der Waals surface area contributed by atoms with Crippen molar-refractivity contribution in [3.63, 3.8) is 0 Å². The molecule has 0 bridgehead atoms. The van der Waals surface area contributed by atoms with Gasteiger partial charge in [0.1, 0.15) is 0 Å². The van der Waals surface area contributed by atoms with E-state index < -0.39 is 0 Å². The number of ether oxygens (including phenoxy) is 1. The highest BCUT2D eigenvalue weighted by Gasteiger charge is 2.27. The van der Waals surface area contributed by atoms with Gasteiger partial charge in [-0.2, -0.15) is 14.8 Å². The Balaban J connectivity index is 1.41. The van der Waals surface area contributed by atoms with Crippen LogP contribution in [0.3, 0.4) is 0 Å². The van der Waals surface area contributed by atoms with Crippen LogP contribution in [0.5, 0.6) is 0 Å². The standard InChI is InChI=1S/C21H31N5O2/c1-4-18-15(3)19(5-2)26(23-18)21-22-20(28-24-21)17-6-10-25(11-7-17)14-16-8-12-27-13-9-16/h5,16-17H,3-4,6-14H2,1-2H3. The molecule has 152 valence electrons. The molecule has 0 atom stereocenters. The fourth-order valence-corrected chi connectivity index (χ4v) is 4.38. The highest BCUT2D eigenvalue weighted by molar-refractivity contribution is 5.26. The van der Waals surface area contributed by atoms with E-state index in [0.717, 1.165) is 73.6 Å². The Bertz CT molecular complexity index is 889. The molecule has 0 amide bonds. The molecule has 0 aromatic carbocycles. The van der Waals surface area contributed by atoms with Crippen molar-refractivity contribution in [3.8, 4) is 5.95 Å². The summed E-state index contributed by atoms with van der Waals surface area (Å²) in [5.41, 5.74) is 0.973. The molecular weight excluding hydrogens is 354 g/mol. The molecule has 0 saturated carbocycles. The molecule has 0 aliphatic carbocycles. The van der Waals surface area contributed by atoms with Crippen LogP contribution in [0.1, 0.15) is 57.0 Å². The molecule has 4 heterocycles. The van der Waals surface area contributed by atoms with Crippen molar-refractivity contribution in [2.75, 3.05) is 32.8 Å². The van der Waals surface area contributed by atoms with E-state index in [0.29, 0.717) is 11.9 Å². The minimum Gasteiger partial charge on any atom is -0.381 e. The van der Waals surface area contributed by atoms with E-state index in [-0.39, 0.29) is 0 Å². The fraction of sp³-hybridized carbons (Fsp3) is 0.667. The molecule has 2 aliphatic rings. The second-order valence-electron chi connectivity index (χ2n) is 7.93. The molecule has 0 spiro atoms. The van der Waals surface area contributed by atoms with Crippen LogP contribution in [0.2, 0.25) is 0 Å². The lowest BCUT2D eigenvalue weighted by molar-refractivity contribution is 0.0481. The van der Waals surface area contributed by atoms with Gasteiger partial charge >= 0.3 is 0 Å². The zero-order chi connectivity index (χ0) is 19.5. The van der Waals surface area contributed by atoms with Crippen LogP contribution in [-0.2, 0) is 11.2 Å². The lowest BCUT2D eigenvalue weighted by atomic mass is 9.94. The van der Waals surface area contributed by atoms with Crippen LogP contribution >= 0.6 is 0 Å². The van der Waals surface area contributed by atoms with Crippen molar-refractivity contribution >= 4 is 12.7 Å². The maximum Gasteiger partial charge on any atom is 0.291 e. The highest BCUT2D eigenvalue weighted by Crippen LogP contribution is 2.28. The molecular formula is C21H31N5O2. The SMILES string of the molecule is C=c1c(CC)nn(-c2noc(C3CCN(CC4CCOCC4)CC3)n2)c1=CC. The summed E-state index contributed by atoms with van der Waals surface area (Å²) >= 11 is 0. The molecule has 7 heteroatoms. The van der Waals surface area contributed by atoms with Gasteiger partial charge in [-0.1, -0.05) is 19.6 Å². The minimum atomic E-state index is 0.335. The monoisotopic (exact) mass is 385 g/mol. The molecule has 0 unspecified atom stereocenters. The number of piperidine rings is 1. The van der Waals surface area contributed by atoms with Gasteiger partial charge in [-0.25, -0.2) is 0 Å². The Labute approximate surface area is 166 Å². The predicted octanol–water partition coefficient (Wildman–Crippen LogP) is 1.63. The first-order valence-corrected chi connectivity index (χ1v) is 10.6. The summed E-state index contributed by atoms with van der Waals surface area (Å²) in [6, 6.07) is 0. The number of hydrogen-bond acceptors (Lipinski definition) is 6. The third-order valence-corrected chi connectivity index (χ3v) is 6.13. The number of hydrogen-bond donors (Lipinski definition) is 0.